The standard InChI is InChI=1S/C20H13/c1-2-7-15(8-3-1)18-11-6-12-19-17-10-5-4-9-16(17)13-14-20(18)19/h1-9,11-14H. The van der Waals surface area contributed by atoms with Gasteiger partial charge >= 0.3 is 0 Å². The Morgan fingerprint density at radius 3 is 2.40 bits per heavy atom. The van der Waals surface area contributed by atoms with Crippen molar-refractivity contribution in [2.45, 2.75) is 0 Å². The van der Waals surface area contributed by atoms with E-state index in [0.717, 1.165) is 0 Å². The van der Waals surface area contributed by atoms with Crippen LogP contribution in [0.25, 0.3) is 32.7 Å². The van der Waals surface area contributed by atoms with E-state index in [2.05, 4.69) is 72.8 Å². The van der Waals surface area contributed by atoms with Crippen LogP contribution >= 0.6 is 0 Å². The summed E-state index contributed by atoms with van der Waals surface area (Å²) in [7, 11) is 0. The van der Waals surface area contributed by atoms with Crippen LogP contribution in [0.5, 0.6) is 0 Å². The first-order chi connectivity index (χ1) is 9.93. The Morgan fingerprint density at radius 1 is 0.600 bits per heavy atom. The Labute approximate surface area is 118 Å². The van der Waals surface area contributed by atoms with E-state index in [1.54, 1.807) is 0 Å². The SMILES string of the molecule is [c]1cccc2ccc3c(-c4ccccc4)cccc3c12. The quantitative estimate of drug-likeness (QED) is 0.395. The second-order valence-corrected chi connectivity index (χ2v) is 4.97. The second kappa shape index (κ2) is 4.50. The van der Waals surface area contributed by atoms with Crippen LogP contribution in [0.3, 0.4) is 0 Å². The minimum atomic E-state index is 1.20. The molecule has 0 aliphatic heterocycles. The van der Waals surface area contributed by atoms with E-state index in [-0.39, 0.29) is 0 Å². The van der Waals surface area contributed by atoms with Crippen LogP contribution in [0.1, 0.15) is 0 Å². The number of hydrogen-bond donors (Lipinski definition) is 0. The summed E-state index contributed by atoms with van der Waals surface area (Å²) in [6, 6.07) is 31.0. The lowest BCUT2D eigenvalue weighted by Gasteiger charge is -2.09. The van der Waals surface area contributed by atoms with Crippen LogP contribution in [-0.2, 0) is 0 Å². The van der Waals surface area contributed by atoms with E-state index >= 15 is 0 Å². The topological polar surface area (TPSA) is 0 Å². The molecule has 0 bridgehead atoms. The molecule has 0 aromatic heterocycles. The van der Waals surface area contributed by atoms with E-state index in [0.29, 0.717) is 0 Å². The minimum absolute atomic E-state index is 1.20. The first-order valence-electron chi connectivity index (χ1n) is 6.81. The average molecular weight is 253 g/mol. The molecule has 0 saturated heterocycles. The molecule has 1 radical (unpaired) electrons. The Hall–Kier alpha value is -2.60. The molecule has 0 aliphatic rings. The van der Waals surface area contributed by atoms with Crippen molar-refractivity contribution in [1.29, 1.82) is 0 Å². The van der Waals surface area contributed by atoms with Gasteiger partial charge in [0.15, 0.2) is 0 Å². The van der Waals surface area contributed by atoms with Gasteiger partial charge in [0, 0.05) is 0 Å². The molecular formula is C20H13. The van der Waals surface area contributed by atoms with Crippen molar-refractivity contribution in [3.05, 3.63) is 84.9 Å². The molecule has 4 aromatic rings. The van der Waals surface area contributed by atoms with Gasteiger partial charge in [-0.25, -0.2) is 0 Å². The Kier molecular flexibility index (Phi) is 2.53. The zero-order chi connectivity index (χ0) is 13.4. The molecule has 0 atom stereocenters. The number of hydrogen-bond acceptors (Lipinski definition) is 0. The fourth-order valence-electron chi connectivity index (χ4n) is 2.83. The fraction of sp³-hybridized carbons (Fsp3) is 0. The number of benzene rings is 4. The number of fused-ring (bicyclic) bond motifs is 3. The summed E-state index contributed by atoms with van der Waals surface area (Å²) in [4.78, 5) is 0. The zero-order valence-corrected chi connectivity index (χ0v) is 11.0. The van der Waals surface area contributed by atoms with E-state index in [1.165, 1.54) is 32.7 Å². The highest BCUT2D eigenvalue weighted by Crippen LogP contribution is 2.32. The van der Waals surface area contributed by atoms with Crippen LogP contribution in [-0.4, -0.2) is 0 Å². The van der Waals surface area contributed by atoms with Crippen molar-refractivity contribution in [3.8, 4) is 11.1 Å². The van der Waals surface area contributed by atoms with Crippen LogP contribution in [0, 0.1) is 6.07 Å². The van der Waals surface area contributed by atoms with Crippen LogP contribution in [0.15, 0.2) is 78.9 Å². The summed E-state index contributed by atoms with van der Waals surface area (Å²) in [6.07, 6.45) is 0. The Balaban J connectivity index is 2.12. The third kappa shape index (κ3) is 1.70. The first-order valence-corrected chi connectivity index (χ1v) is 6.81. The van der Waals surface area contributed by atoms with Gasteiger partial charge < -0.3 is 0 Å². The van der Waals surface area contributed by atoms with Crippen molar-refractivity contribution >= 4 is 21.5 Å². The molecule has 4 rings (SSSR count). The lowest BCUT2D eigenvalue weighted by molar-refractivity contribution is 1.66. The summed E-state index contributed by atoms with van der Waals surface area (Å²) in [5.74, 6) is 0. The van der Waals surface area contributed by atoms with Crippen molar-refractivity contribution in [2.75, 3.05) is 0 Å². The highest BCUT2D eigenvalue weighted by Gasteiger charge is 2.05. The monoisotopic (exact) mass is 253 g/mol. The molecule has 93 valence electrons. The largest absolute Gasteiger partial charge is 0.0622 e. The Morgan fingerprint density at radius 2 is 1.50 bits per heavy atom. The summed E-state index contributed by atoms with van der Waals surface area (Å²) in [6.45, 7) is 0. The van der Waals surface area contributed by atoms with Crippen LogP contribution < -0.4 is 0 Å². The highest BCUT2D eigenvalue weighted by atomic mass is 14.1. The third-order valence-electron chi connectivity index (χ3n) is 3.78. The average Bonchev–Trinajstić information content (AvgIpc) is 2.55. The molecule has 4 aromatic carbocycles. The summed E-state index contributed by atoms with van der Waals surface area (Å²) < 4.78 is 0. The summed E-state index contributed by atoms with van der Waals surface area (Å²) >= 11 is 0. The van der Waals surface area contributed by atoms with E-state index < -0.39 is 0 Å². The molecule has 0 amide bonds. The summed E-state index contributed by atoms with van der Waals surface area (Å²) in [5, 5.41) is 4.99. The van der Waals surface area contributed by atoms with Gasteiger partial charge in [-0.15, -0.1) is 0 Å². The zero-order valence-electron chi connectivity index (χ0n) is 11.0. The Bertz CT molecular complexity index is 889. The van der Waals surface area contributed by atoms with Crippen LogP contribution in [0.4, 0.5) is 0 Å². The molecule has 0 fully saturated rings. The number of rotatable bonds is 1. The predicted octanol–water partition coefficient (Wildman–Crippen LogP) is 5.46. The van der Waals surface area contributed by atoms with Crippen molar-refractivity contribution < 1.29 is 0 Å². The third-order valence-corrected chi connectivity index (χ3v) is 3.78. The molecule has 0 N–H and O–H groups in total. The molecule has 0 saturated carbocycles. The maximum atomic E-state index is 3.37. The van der Waals surface area contributed by atoms with Crippen molar-refractivity contribution in [1.82, 2.24) is 0 Å². The van der Waals surface area contributed by atoms with Gasteiger partial charge in [-0.05, 0) is 38.7 Å². The van der Waals surface area contributed by atoms with Crippen LogP contribution in [0.2, 0.25) is 0 Å². The van der Waals surface area contributed by atoms with Gasteiger partial charge in [0.2, 0.25) is 0 Å². The van der Waals surface area contributed by atoms with Gasteiger partial charge in [0.25, 0.3) is 0 Å². The summed E-state index contributed by atoms with van der Waals surface area (Å²) in [5.41, 5.74) is 2.54. The lowest BCUT2D eigenvalue weighted by Crippen LogP contribution is -1.83. The molecule has 0 nitrogen and oxygen atoms in total. The van der Waals surface area contributed by atoms with Gasteiger partial charge in [0.05, 0.1) is 0 Å². The highest BCUT2D eigenvalue weighted by molar-refractivity contribution is 6.11. The maximum Gasteiger partial charge on any atom is -0.00264 e. The lowest BCUT2D eigenvalue weighted by atomic mass is 9.95. The van der Waals surface area contributed by atoms with Gasteiger partial charge in [-0.2, -0.15) is 0 Å². The van der Waals surface area contributed by atoms with E-state index in [9.17, 15) is 0 Å². The normalized spacial score (nSPS) is 11.0. The van der Waals surface area contributed by atoms with Gasteiger partial charge in [0.1, 0.15) is 0 Å². The van der Waals surface area contributed by atoms with E-state index in [4.69, 9.17) is 0 Å². The fourth-order valence-corrected chi connectivity index (χ4v) is 2.83. The minimum Gasteiger partial charge on any atom is -0.0622 e. The molecular weight excluding hydrogens is 240 g/mol. The van der Waals surface area contributed by atoms with E-state index in [1.807, 2.05) is 12.1 Å². The molecule has 0 spiro atoms. The second-order valence-electron chi connectivity index (χ2n) is 4.97. The molecule has 0 heterocycles. The first kappa shape index (κ1) is 11.2. The van der Waals surface area contributed by atoms with Crippen molar-refractivity contribution in [3.63, 3.8) is 0 Å². The smallest absolute Gasteiger partial charge is 0.00264 e. The predicted molar refractivity (Wildman–Crippen MR) is 85.7 cm³/mol. The molecule has 0 unspecified atom stereocenters. The van der Waals surface area contributed by atoms with Gasteiger partial charge in [-0.1, -0.05) is 78.9 Å². The maximum absolute atomic E-state index is 3.37. The van der Waals surface area contributed by atoms with Crippen molar-refractivity contribution in [2.24, 2.45) is 0 Å². The molecule has 20 heavy (non-hydrogen) atoms. The van der Waals surface area contributed by atoms with Gasteiger partial charge in [-0.3, -0.25) is 0 Å². The molecule has 0 aliphatic carbocycles. The molecule has 0 heteroatoms.